The van der Waals surface area contributed by atoms with Gasteiger partial charge in [-0.1, -0.05) is 23.7 Å². The van der Waals surface area contributed by atoms with E-state index < -0.39 is 10.0 Å². The minimum absolute atomic E-state index is 0.623. The van der Waals surface area contributed by atoms with Crippen LogP contribution in [-0.2, 0) is 10.0 Å². The minimum atomic E-state index is -3.28. The molecule has 1 aromatic carbocycles. The van der Waals surface area contributed by atoms with Gasteiger partial charge in [-0.25, -0.2) is 13.2 Å². The third-order valence-corrected chi connectivity index (χ3v) is 1.99. The summed E-state index contributed by atoms with van der Waals surface area (Å²) in [6.07, 6.45) is 2.43. The third-order valence-electron chi connectivity index (χ3n) is 1.30. The molecule has 14 heavy (non-hydrogen) atoms. The molecular weight excluding hydrogens is 224 g/mol. The summed E-state index contributed by atoms with van der Waals surface area (Å²) in [5.74, 6) is 0. The lowest BCUT2D eigenvalue weighted by Gasteiger charge is -1.95. The number of hydrogen-bond acceptors (Lipinski definition) is 3. The highest BCUT2D eigenvalue weighted by Gasteiger charge is 1.94. The molecule has 1 aromatic rings. The van der Waals surface area contributed by atoms with Crippen molar-refractivity contribution in [2.24, 2.45) is 5.10 Å². The number of rotatable bonds is 3. The smallest absolute Gasteiger partial charge is 0.206 e. The van der Waals surface area contributed by atoms with Gasteiger partial charge in [0.2, 0.25) is 10.0 Å². The SMILES string of the molecule is CS(=O)(=O)NN=Cc1ccc(Cl)cc1. The fourth-order valence-electron chi connectivity index (χ4n) is 0.745. The monoisotopic (exact) mass is 232 g/mol. The lowest BCUT2D eigenvalue weighted by molar-refractivity contribution is 0.591. The molecule has 1 N–H and O–H groups in total. The van der Waals surface area contributed by atoms with Crippen molar-refractivity contribution in [2.75, 3.05) is 6.26 Å². The first-order valence-corrected chi connectivity index (χ1v) is 6.00. The van der Waals surface area contributed by atoms with Crippen molar-refractivity contribution in [3.63, 3.8) is 0 Å². The molecule has 0 atom stereocenters. The average Bonchev–Trinajstić information content (AvgIpc) is 2.06. The summed E-state index contributed by atoms with van der Waals surface area (Å²) in [5.41, 5.74) is 0.769. The predicted molar refractivity (Wildman–Crippen MR) is 57.0 cm³/mol. The topological polar surface area (TPSA) is 58.5 Å². The molecule has 1 rings (SSSR count). The minimum Gasteiger partial charge on any atom is -0.206 e. The van der Waals surface area contributed by atoms with Crippen molar-refractivity contribution < 1.29 is 8.42 Å². The van der Waals surface area contributed by atoms with Crippen molar-refractivity contribution in [3.8, 4) is 0 Å². The molecule has 6 heteroatoms. The molecule has 4 nitrogen and oxygen atoms in total. The Morgan fingerprint density at radius 3 is 2.43 bits per heavy atom. The van der Waals surface area contributed by atoms with Crippen molar-refractivity contribution in [1.82, 2.24) is 4.83 Å². The van der Waals surface area contributed by atoms with Crippen LogP contribution in [0.2, 0.25) is 5.02 Å². The largest absolute Gasteiger partial charge is 0.244 e. The van der Waals surface area contributed by atoms with Gasteiger partial charge in [0.15, 0.2) is 0 Å². The zero-order valence-corrected chi connectivity index (χ0v) is 9.01. The van der Waals surface area contributed by atoms with E-state index in [0.29, 0.717) is 5.02 Å². The van der Waals surface area contributed by atoms with Gasteiger partial charge in [-0.05, 0) is 17.7 Å². The molecular formula is C8H9ClN2O2S. The molecule has 0 amide bonds. The van der Waals surface area contributed by atoms with Gasteiger partial charge < -0.3 is 0 Å². The predicted octanol–water partition coefficient (Wildman–Crippen LogP) is 1.22. The Morgan fingerprint density at radius 2 is 1.93 bits per heavy atom. The van der Waals surface area contributed by atoms with E-state index in [1.54, 1.807) is 24.3 Å². The zero-order chi connectivity index (χ0) is 10.6. The van der Waals surface area contributed by atoms with E-state index in [2.05, 4.69) is 5.10 Å². The lowest BCUT2D eigenvalue weighted by atomic mass is 10.2. The van der Waals surface area contributed by atoms with E-state index in [1.165, 1.54) is 6.21 Å². The molecule has 0 aliphatic carbocycles. The van der Waals surface area contributed by atoms with Gasteiger partial charge in [0, 0.05) is 5.02 Å². The van der Waals surface area contributed by atoms with Gasteiger partial charge in [0.25, 0.3) is 0 Å². The quantitative estimate of drug-likeness (QED) is 0.629. The highest BCUT2D eigenvalue weighted by atomic mass is 35.5. The molecule has 0 radical (unpaired) electrons. The Kier molecular flexibility index (Phi) is 3.49. The zero-order valence-electron chi connectivity index (χ0n) is 7.44. The summed E-state index contributed by atoms with van der Waals surface area (Å²) in [7, 11) is -3.28. The van der Waals surface area contributed by atoms with Crippen LogP contribution < -0.4 is 4.83 Å². The van der Waals surface area contributed by atoms with Crippen LogP contribution in [0.15, 0.2) is 29.4 Å². The van der Waals surface area contributed by atoms with Crippen LogP contribution in [-0.4, -0.2) is 20.9 Å². The van der Waals surface area contributed by atoms with Gasteiger partial charge in [-0.3, -0.25) is 0 Å². The second-order valence-corrected chi connectivity index (χ2v) is 4.84. The molecule has 0 aromatic heterocycles. The van der Waals surface area contributed by atoms with E-state index in [4.69, 9.17) is 11.6 Å². The van der Waals surface area contributed by atoms with E-state index in [0.717, 1.165) is 11.8 Å². The molecule has 0 heterocycles. The van der Waals surface area contributed by atoms with E-state index in [9.17, 15) is 8.42 Å². The first-order valence-electron chi connectivity index (χ1n) is 3.73. The number of sulfonamides is 1. The molecule has 0 unspecified atom stereocenters. The van der Waals surface area contributed by atoms with Gasteiger partial charge in [0.1, 0.15) is 0 Å². The number of hydrazone groups is 1. The molecule has 0 saturated carbocycles. The highest BCUT2D eigenvalue weighted by molar-refractivity contribution is 7.88. The number of nitrogens with one attached hydrogen (secondary N) is 1. The van der Waals surface area contributed by atoms with Crippen molar-refractivity contribution in [3.05, 3.63) is 34.9 Å². The summed E-state index contributed by atoms with van der Waals surface area (Å²) in [6, 6.07) is 6.86. The second-order valence-electron chi connectivity index (χ2n) is 2.67. The van der Waals surface area contributed by atoms with Crippen LogP contribution in [0, 0.1) is 0 Å². The first kappa shape index (κ1) is 11.0. The van der Waals surface area contributed by atoms with Crippen LogP contribution in [0.4, 0.5) is 0 Å². The normalized spacial score (nSPS) is 11.9. The van der Waals surface area contributed by atoms with Crippen LogP contribution >= 0.6 is 11.6 Å². The molecule has 0 spiro atoms. The summed E-state index contributed by atoms with van der Waals surface area (Å²) < 4.78 is 21.3. The maximum atomic E-state index is 10.6. The number of benzene rings is 1. The van der Waals surface area contributed by atoms with Crippen molar-refractivity contribution in [2.45, 2.75) is 0 Å². The Hall–Kier alpha value is -1.07. The highest BCUT2D eigenvalue weighted by Crippen LogP contribution is 2.07. The van der Waals surface area contributed by atoms with Crippen molar-refractivity contribution in [1.29, 1.82) is 0 Å². The standard InChI is InChI=1S/C8H9ClN2O2S/c1-14(12,13)11-10-6-7-2-4-8(9)5-3-7/h2-6,11H,1H3. The summed E-state index contributed by atoms with van der Waals surface area (Å²) in [4.78, 5) is 1.99. The van der Waals surface area contributed by atoms with Gasteiger partial charge in [0.05, 0.1) is 12.5 Å². The number of nitrogens with zero attached hydrogens (tertiary/aromatic N) is 1. The fourth-order valence-corrected chi connectivity index (χ4v) is 1.12. The maximum Gasteiger partial charge on any atom is 0.244 e. The Bertz CT molecular complexity index is 425. The number of halogens is 1. The molecule has 0 aliphatic heterocycles. The maximum absolute atomic E-state index is 10.6. The fraction of sp³-hybridized carbons (Fsp3) is 0.125. The Labute approximate surface area is 87.6 Å². The van der Waals surface area contributed by atoms with Gasteiger partial charge >= 0.3 is 0 Å². The van der Waals surface area contributed by atoms with E-state index in [1.807, 2.05) is 4.83 Å². The van der Waals surface area contributed by atoms with E-state index >= 15 is 0 Å². The van der Waals surface area contributed by atoms with Crippen molar-refractivity contribution >= 4 is 27.8 Å². The van der Waals surface area contributed by atoms with Crippen LogP contribution in [0.3, 0.4) is 0 Å². The molecule has 0 saturated heterocycles. The Balaban J connectivity index is 2.65. The third kappa shape index (κ3) is 4.25. The molecule has 0 fully saturated rings. The van der Waals surface area contributed by atoms with Gasteiger partial charge in [-0.2, -0.15) is 5.10 Å². The summed E-state index contributed by atoms with van der Waals surface area (Å²) in [6.45, 7) is 0. The summed E-state index contributed by atoms with van der Waals surface area (Å²) >= 11 is 5.66. The van der Waals surface area contributed by atoms with Crippen LogP contribution in [0.5, 0.6) is 0 Å². The molecule has 0 aliphatic rings. The average molecular weight is 233 g/mol. The second kappa shape index (κ2) is 4.43. The van der Waals surface area contributed by atoms with Gasteiger partial charge in [-0.15, -0.1) is 0 Å². The van der Waals surface area contributed by atoms with E-state index in [-0.39, 0.29) is 0 Å². The summed E-state index contributed by atoms with van der Waals surface area (Å²) in [5, 5.41) is 4.16. The lowest BCUT2D eigenvalue weighted by Crippen LogP contribution is -2.15. The molecule has 76 valence electrons. The van der Waals surface area contributed by atoms with Crippen LogP contribution in [0.25, 0.3) is 0 Å². The number of hydrogen-bond donors (Lipinski definition) is 1. The van der Waals surface area contributed by atoms with Crippen LogP contribution in [0.1, 0.15) is 5.56 Å². The molecule has 0 bridgehead atoms. The first-order chi connectivity index (χ1) is 6.47. The Morgan fingerprint density at radius 1 is 1.36 bits per heavy atom.